The second-order valence-corrected chi connectivity index (χ2v) is 6.98. The molecule has 0 aliphatic carbocycles. The first kappa shape index (κ1) is 16.8. The standard InChI is InChI=1S/C21H19N3O4/c25-24(26)17-8-9-18(20-14(17)5-2-10-22-20)23-11-3-6-16(23)15-4-1-7-19-21(15)28-13-12-27-19/h1-2,4-5,7-10,16H,3,6,11-13H2. The van der Waals surface area contributed by atoms with Crippen LogP contribution in [0.3, 0.4) is 0 Å². The van der Waals surface area contributed by atoms with E-state index in [4.69, 9.17) is 9.47 Å². The molecule has 3 heterocycles. The lowest BCUT2D eigenvalue weighted by Crippen LogP contribution is -2.25. The Kier molecular flexibility index (Phi) is 4.00. The van der Waals surface area contributed by atoms with Gasteiger partial charge in [-0.15, -0.1) is 0 Å². The third kappa shape index (κ3) is 2.62. The molecule has 2 aromatic carbocycles. The van der Waals surface area contributed by atoms with Gasteiger partial charge in [0.2, 0.25) is 0 Å². The molecule has 1 saturated heterocycles. The molecule has 1 aromatic heterocycles. The van der Waals surface area contributed by atoms with Crippen LogP contribution in [0.5, 0.6) is 11.5 Å². The third-order valence-corrected chi connectivity index (χ3v) is 5.44. The van der Waals surface area contributed by atoms with Crippen molar-refractivity contribution in [3.8, 4) is 11.5 Å². The Morgan fingerprint density at radius 1 is 1.11 bits per heavy atom. The summed E-state index contributed by atoms with van der Waals surface area (Å²) in [5, 5.41) is 12.0. The van der Waals surface area contributed by atoms with Gasteiger partial charge in [-0.3, -0.25) is 15.1 Å². The molecule has 3 aromatic rings. The van der Waals surface area contributed by atoms with E-state index in [2.05, 4.69) is 16.0 Å². The molecule has 1 atom stereocenters. The van der Waals surface area contributed by atoms with E-state index in [1.807, 2.05) is 18.2 Å². The van der Waals surface area contributed by atoms with Gasteiger partial charge in [-0.1, -0.05) is 12.1 Å². The number of anilines is 1. The SMILES string of the molecule is O=[N+]([O-])c1ccc(N2CCCC2c2cccc3c2OCCO3)c2ncccc12. The van der Waals surface area contributed by atoms with Crippen molar-refractivity contribution in [1.82, 2.24) is 4.98 Å². The van der Waals surface area contributed by atoms with Crippen LogP contribution in [0.15, 0.2) is 48.7 Å². The van der Waals surface area contributed by atoms with Crippen molar-refractivity contribution < 1.29 is 14.4 Å². The van der Waals surface area contributed by atoms with Gasteiger partial charge in [0.1, 0.15) is 18.7 Å². The van der Waals surface area contributed by atoms with Crippen LogP contribution in [0.4, 0.5) is 11.4 Å². The maximum Gasteiger partial charge on any atom is 0.278 e. The average Bonchev–Trinajstić information content (AvgIpc) is 3.21. The smallest absolute Gasteiger partial charge is 0.278 e. The van der Waals surface area contributed by atoms with Crippen LogP contribution in [0.25, 0.3) is 10.9 Å². The summed E-state index contributed by atoms with van der Waals surface area (Å²) in [5.74, 6) is 1.59. The van der Waals surface area contributed by atoms with Gasteiger partial charge in [0.05, 0.1) is 22.0 Å². The van der Waals surface area contributed by atoms with Crippen molar-refractivity contribution in [1.29, 1.82) is 0 Å². The summed E-state index contributed by atoms with van der Waals surface area (Å²) >= 11 is 0. The van der Waals surface area contributed by atoms with Crippen LogP contribution in [0.2, 0.25) is 0 Å². The van der Waals surface area contributed by atoms with E-state index in [0.29, 0.717) is 24.1 Å². The second-order valence-electron chi connectivity index (χ2n) is 6.98. The molecule has 2 aliphatic rings. The summed E-state index contributed by atoms with van der Waals surface area (Å²) in [6, 6.07) is 13.0. The van der Waals surface area contributed by atoms with Crippen LogP contribution < -0.4 is 14.4 Å². The van der Waals surface area contributed by atoms with Crippen LogP contribution >= 0.6 is 0 Å². The molecular weight excluding hydrogens is 358 g/mol. The maximum absolute atomic E-state index is 11.4. The van der Waals surface area contributed by atoms with Gasteiger partial charge in [0.25, 0.3) is 5.69 Å². The number of rotatable bonds is 3. The highest BCUT2D eigenvalue weighted by atomic mass is 16.6. The van der Waals surface area contributed by atoms with Crippen LogP contribution in [-0.2, 0) is 0 Å². The molecule has 0 radical (unpaired) electrons. The van der Waals surface area contributed by atoms with E-state index in [1.165, 1.54) is 0 Å². The molecule has 28 heavy (non-hydrogen) atoms. The predicted molar refractivity (Wildman–Crippen MR) is 105 cm³/mol. The topological polar surface area (TPSA) is 77.7 Å². The van der Waals surface area contributed by atoms with Crippen molar-refractivity contribution in [3.63, 3.8) is 0 Å². The summed E-state index contributed by atoms with van der Waals surface area (Å²) in [6.45, 7) is 1.96. The molecule has 5 rings (SSSR count). The summed E-state index contributed by atoms with van der Waals surface area (Å²) in [5.41, 5.74) is 2.75. The number of hydrogen-bond acceptors (Lipinski definition) is 6. The number of para-hydroxylation sites is 1. The zero-order valence-corrected chi connectivity index (χ0v) is 15.2. The largest absolute Gasteiger partial charge is 0.486 e. The number of nitro groups is 1. The highest BCUT2D eigenvalue weighted by molar-refractivity contribution is 5.97. The van der Waals surface area contributed by atoms with Gasteiger partial charge in [0, 0.05) is 24.4 Å². The fourth-order valence-electron chi connectivity index (χ4n) is 4.27. The maximum atomic E-state index is 11.4. The number of benzene rings is 2. The quantitative estimate of drug-likeness (QED) is 0.501. The van der Waals surface area contributed by atoms with E-state index in [1.54, 1.807) is 24.4 Å². The lowest BCUT2D eigenvalue weighted by atomic mass is 10.0. The van der Waals surface area contributed by atoms with Crippen LogP contribution in [0, 0.1) is 10.1 Å². The van der Waals surface area contributed by atoms with Gasteiger partial charge >= 0.3 is 0 Å². The van der Waals surface area contributed by atoms with Crippen LogP contribution in [0.1, 0.15) is 24.4 Å². The van der Waals surface area contributed by atoms with Crippen molar-refractivity contribution in [2.24, 2.45) is 0 Å². The van der Waals surface area contributed by atoms with Crippen LogP contribution in [-0.4, -0.2) is 29.7 Å². The summed E-state index contributed by atoms with van der Waals surface area (Å²) < 4.78 is 11.7. The number of aromatic nitrogens is 1. The van der Waals surface area contributed by atoms with Crippen molar-refractivity contribution in [2.45, 2.75) is 18.9 Å². The molecule has 0 bridgehead atoms. The number of non-ortho nitro benzene ring substituents is 1. The van der Waals surface area contributed by atoms with Gasteiger partial charge in [-0.25, -0.2) is 0 Å². The van der Waals surface area contributed by atoms with Gasteiger partial charge in [-0.2, -0.15) is 0 Å². The lowest BCUT2D eigenvalue weighted by Gasteiger charge is -2.30. The Morgan fingerprint density at radius 3 is 2.89 bits per heavy atom. The summed E-state index contributed by atoms with van der Waals surface area (Å²) in [4.78, 5) is 17.8. The minimum atomic E-state index is -0.353. The third-order valence-electron chi connectivity index (χ3n) is 5.44. The molecule has 7 heteroatoms. The number of nitro benzene ring substituents is 1. The summed E-state index contributed by atoms with van der Waals surface area (Å²) in [7, 11) is 0. The number of fused-ring (bicyclic) bond motifs is 2. The molecule has 0 amide bonds. The zero-order chi connectivity index (χ0) is 19.1. The van der Waals surface area contributed by atoms with Gasteiger partial charge < -0.3 is 14.4 Å². The molecule has 142 valence electrons. The Labute approximate surface area is 161 Å². The molecular formula is C21H19N3O4. The van der Waals surface area contributed by atoms with E-state index >= 15 is 0 Å². The molecule has 7 nitrogen and oxygen atoms in total. The van der Waals surface area contributed by atoms with Crippen molar-refractivity contribution >= 4 is 22.3 Å². The first-order valence-corrected chi connectivity index (χ1v) is 9.41. The molecule has 0 spiro atoms. The fraction of sp³-hybridized carbons (Fsp3) is 0.286. The monoisotopic (exact) mass is 377 g/mol. The predicted octanol–water partition coefficient (Wildman–Crippen LogP) is 4.26. The summed E-state index contributed by atoms with van der Waals surface area (Å²) in [6.07, 6.45) is 3.69. The Balaban J connectivity index is 1.63. The fourth-order valence-corrected chi connectivity index (χ4v) is 4.27. The average molecular weight is 377 g/mol. The Morgan fingerprint density at radius 2 is 2.00 bits per heavy atom. The van der Waals surface area contributed by atoms with Gasteiger partial charge in [-0.05, 0) is 37.1 Å². The van der Waals surface area contributed by atoms with E-state index in [9.17, 15) is 10.1 Å². The van der Waals surface area contributed by atoms with E-state index in [-0.39, 0.29) is 16.7 Å². The highest BCUT2D eigenvalue weighted by Gasteiger charge is 2.32. The lowest BCUT2D eigenvalue weighted by molar-refractivity contribution is -0.383. The number of ether oxygens (including phenoxy) is 2. The first-order valence-electron chi connectivity index (χ1n) is 9.41. The minimum absolute atomic E-state index is 0.0800. The normalized spacial score (nSPS) is 18.4. The molecule has 2 aliphatic heterocycles. The Hall–Kier alpha value is -3.35. The van der Waals surface area contributed by atoms with Crippen molar-refractivity contribution in [3.05, 3.63) is 64.3 Å². The highest BCUT2D eigenvalue weighted by Crippen LogP contribution is 2.46. The zero-order valence-electron chi connectivity index (χ0n) is 15.2. The van der Waals surface area contributed by atoms with Gasteiger partial charge in [0.15, 0.2) is 11.5 Å². The number of pyridine rings is 1. The number of hydrogen-bond donors (Lipinski definition) is 0. The van der Waals surface area contributed by atoms with E-state index < -0.39 is 0 Å². The minimum Gasteiger partial charge on any atom is -0.486 e. The molecule has 1 fully saturated rings. The van der Waals surface area contributed by atoms with Crippen molar-refractivity contribution in [2.75, 3.05) is 24.7 Å². The Bertz CT molecular complexity index is 1070. The molecule has 0 saturated carbocycles. The van der Waals surface area contributed by atoms with E-state index in [0.717, 1.165) is 42.1 Å². The second kappa shape index (κ2) is 6.67. The molecule has 1 unspecified atom stereocenters. The first-order chi connectivity index (χ1) is 13.7. The number of nitrogens with zero attached hydrogens (tertiary/aromatic N) is 3. The molecule has 0 N–H and O–H groups in total.